The van der Waals surface area contributed by atoms with Gasteiger partial charge in [-0.25, -0.2) is 9.99 Å². The zero-order valence-corrected chi connectivity index (χ0v) is 11.6. The fourth-order valence-corrected chi connectivity index (χ4v) is 1.65. The van der Waals surface area contributed by atoms with E-state index in [4.69, 9.17) is 0 Å². The van der Waals surface area contributed by atoms with Crippen molar-refractivity contribution < 1.29 is 14.4 Å². The maximum Gasteiger partial charge on any atom is 0.305 e. The van der Waals surface area contributed by atoms with Gasteiger partial charge in [0.05, 0.1) is 6.54 Å². The van der Waals surface area contributed by atoms with Gasteiger partial charge < -0.3 is 9.78 Å². The quantitative estimate of drug-likeness (QED) is 0.485. The van der Waals surface area contributed by atoms with Crippen LogP contribution in [-0.2, 0) is 9.59 Å². The van der Waals surface area contributed by atoms with Crippen molar-refractivity contribution in [2.75, 3.05) is 6.54 Å². The highest BCUT2D eigenvalue weighted by atomic mass is 16.2. The van der Waals surface area contributed by atoms with Gasteiger partial charge in [-0.2, -0.15) is 0 Å². The molecule has 2 N–H and O–H groups in total. The molecule has 0 aliphatic carbocycles. The van der Waals surface area contributed by atoms with Crippen LogP contribution in [0, 0.1) is 0 Å². The normalized spacial score (nSPS) is 10.4. The van der Waals surface area contributed by atoms with Gasteiger partial charge in [0.1, 0.15) is 6.29 Å². The first-order valence-electron chi connectivity index (χ1n) is 6.49. The van der Waals surface area contributed by atoms with Gasteiger partial charge in [0.15, 0.2) is 5.82 Å². The maximum atomic E-state index is 12.0. The Labute approximate surface area is 126 Å². The van der Waals surface area contributed by atoms with Crippen LogP contribution in [0.2, 0.25) is 0 Å². The van der Waals surface area contributed by atoms with Crippen LogP contribution in [0.15, 0.2) is 48.8 Å². The van der Waals surface area contributed by atoms with Crippen LogP contribution in [0.4, 0.5) is 0 Å². The van der Waals surface area contributed by atoms with Crippen molar-refractivity contribution in [1.82, 2.24) is 20.4 Å². The third-order valence-corrected chi connectivity index (χ3v) is 2.69. The number of rotatable bonds is 5. The molecule has 1 aromatic heterocycles. The second-order valence-electron chi connectivity index (χ2n) is 4.24. The lowest BCUT2D eigenvalue weighted by Gasteiger charge is -2.18. The minimum Gasteiger partial charge on any atom is -0.340 e. The summed E-state index contributed by atoms with van der Waals surface area (Å²) in [7, 11) is 0. The van der Waals surface area contributed by atoms with Gasteiger partial charge in [0.25, 0.3) is 5.91 Å². The van der Waals surface area contributed by atoms with Gasteiger partial charge >= 0.3 is 5.91 Å². The van der Waals surface area contributed by atoms with Gasteiger partial charge in [-0.05, 0) is 11.6 Å². The second kappa shape index (κ2) is 7.53. The predicted octanol–water partition coefficient (Wildman–Crippen LogP) is 0.795. The van der Waals surface area contributed by atoms with Crippen molar-refractivity contribution in [1.29, 1.82) is 0 Å². The average molecular weight is 298 g/mol. The van der Waals surface area contributed by atoms with Crippen molar-refractivity contribution in [3.05, 3.63) is 60.2 Å². The highest BCUT2D eigenvalue weighted by Crippen LogP contribution is 2.01. The number of hydrogen-bond acceptors (Lipinski definition) is 4. The lowest BCUT2D eigenvalue weighted by atomic mass is 10.2. The van der Waals surface area contributed by atoms with Gasteiger partial charge in [0, 0.05) is 18.5 Å². The maximum absolute atomic E-state index is 12.0. The molecule has 0 atom stereocenters. The third-order valence-electron chi connectivity index (χ3n) is 2.69. The molecule has 2 aromatic rings. The van der Waals surface area contributed by atoms with Crippen LogP contribution in [0.3, 0.4) is 0 Å². The Hall–Kier alpha value is -3.22. The van der Waals surface area contributed by atoms with Crippen LogP contribution in [0.5, 0.6) is 0 Å². The number of hydrazine groups is 1. The average Bonchev–Trinajstić information content (AvgIpc) is 3.07. The molecule has 0 radical (unpaired) electrons. The van der Waals surface area contributed by atoms with Crippen molar-refractivity contribution in [3.63, 3.8) is 0 Å². The summed E-state index contributed by atoms with van der Waals surface area (Å²) in [5.41, 5.74) is 3.16. The summed E-state index contributed by atoms with van der Waals surface area (Å²) >= 11 is 0. The smallest absolute Gasteiger partial charge is 0.305 e. The Balaban J connectivity index is 2.03. The summed E-state index contributed by atoms with van der Waals surface area (Å²) in [6, 6.07) is 9.20. The molecule has 112 valence electrons. The van der Waals surface area contributed by atoms with E-state index >= 15 is 0 Å². The van der Waals surface area contributed by atoms with Crippen LogP contribution in [-0.4, -0.2) is 39.6 Å². The van der Waals surface area contributed by atoms with E-state index in [1.807, 2.05) is 30.3 Å². The molecule has 0 aliphatic heterocycles. The van der Waals surface area contributed by atoms with E-state index in [1.54, 1.807) is 6.08 Å². The number of carbonyl (C=O) groups is 3. The molecule has 7 heteroatoms. The SMILES string of the molecule is O=CCN(NC(=O)c1ncc[nH]1)C(=O)C=Cc1ccccc1. The molecule has 0 saturated heterocycles. The van der Waals surface area contributed by atoms with Crippen LogP contribution < -0.4 is 5.43 Å². The fourth-order valence-electron chi connectivity index (χ4n) is 1.65. The molecule has 22 heavy (non-hydrogen) atoms. The van der Waals surface area contributed by atoms with Crippen molar-refractivity contribution in [2.45, 2.75) is 0 Å². The number of aldehydes is 1. The molecule has 1 heterocycles. The highest BCUT2D eigenvalue weighted by molar-refractivity contribution is 5.96. The van der Waals surface area contributed by atoms with E-state index in [1.165, 1.54) is 18.5 Å². The minimum atomic E-state index is -0.603. The Kier molecular flexibility index (Phi) is 5.20. The summed E-state index contributed by atoms with van der Waals surface area (Å²) in [5.74, 6) is -1.07. The number of aromatic amines is 1. The van der Waals surface area contributed by atoms with E-state index in [2.05, 4.69) is 15.4 Å². The van der Waals surface area contributed by atoms with Crippen molar-refractivity contribution in [2.24, 2.45) is 0 Å². The zero-order chi connectivity index (χ0) is 15.8. The number of benzene rings is 1. The lowest BCUT2D eigenvalue weighted by molar-refractivity contribution is -0.130. The van der Waals surface area contributed by atoms with E-state index in [9.17, 15) is 14.4 Å². The van der Waals surface area contributed by atoms with Crippen molar-refractivity contribution >= 4 is 24.2 Å². The summed E-state index contributed by atoms with van der Waals surface area (Å²) in [4.78, 5) is 40.9. The molecule has 2 rings (SSSR count). The number of imidazole rings is 1. The largest absolute Gasteiger partial charge is 0.340 e. The number of nitrogens with one attached hydrogen (secondary N) is 2. The predicted molar refractivity (Wildman–Crippen MR) is 79.3 cm³/mol. The molecule has 0 spiro atoms. The first kappa shape index (κ1) is 15.2. The molecule has 0 fully saturated rings. The summed E-state index contributed by atoms with van der Waals surface area (Å²) in [6.45, 7) is -0.260. The number of nitrogens with zero attached hydrogens (tertiary/aromatic N) is 2. The number of H-pyrrole nitrogens is 1. The lowest BCUT2D eigenvalue weighted by Crippen LogP contribution is -2.46. The monoisotopic (exact) mass is 298 g/mol. The topological polar surface area (TPSA) is 95.2 Å². The van der Waals surface area contributed by atoms with Gasteiger partial charge in [-0.15, -0.1) is 0 Å². The van der Waals surface area contributed by atoms with Gasteiger partial charge in [-0.1, -0.05) is 30.3 Å². The van der Waals surface area contributed by atoms with Gasteiger partial charge in [-0.3, -0.25) is 15.0 Å². The number of aromatic nitrogens is 2. The van der Waals surface area contributed by atoms with Crippen molar-refractivity contribution in [3.8, 4) is 0 Å². The standard InChI is InChI=1S/C15H14N4O3/c20-11-10-19(18-15(22)14-16-8-9-17-14)13(21)7-6-12-4-2-1-3-5-12/h1-9,11H,10H2,(H,16,17)(H,18,22). The van der Waals surface area contributed by atoms with Gasteiger partial charge in [0.2, 0.25) is 0 Å². The molecule has 0 saturated carbocycles. The second-order valence-corrected chi connectivity index (χ2v) is 4.24. The minimum absolute atomic E-state index is 0.0516. The van der Waals surface area contributed by atoms with Crippen LogP contribution >= 0.6 is 0 Å². The number of hydrogen-bond donors (Lipinski definition) is 2. The van der Waals surface area contributed by atoms with E-state index in [0.717, 1.165) is 10.6 Å². The Morgan fingerprint density at radius 3 is 2.68 bits per heavy atom. The fraction of sp³-hybridized carbons (Fsp3) is 0.0667. The molecule has 1 aromatic carbocycles. The molecule has 0 aliphatic rings. The van der Waals surface area contributed by atoms with Crippen LogP contribution in [0.25, 0.3) is 6.08 Å². The molecule has 0 bridgehead atoms. The summed E-state index contributed by atoms with van der Waals surface area (Å²) in [6.07, 6.45) is 6.29. The van der Waals surface area contributed by atoms with Crippen LogP contribution in [0.1, 0.15) is 16.2 Å². The molecule has 0 unspecified atom stereocenters. The highest BCUT2D eigenvalue weighted by Gasteiger charge is 2.16. The van der Waals surface area contributed by atoms with E-state index in [-0.39, 0.29) is 12.4 Å². The third kappa shape index (κ3) is 4.14. The molecular weight excluding hydrogens is 284 g/mol. The Morgan fingerprint density at radius 2 is 2.05 bits per heavy atom. The first-order chi connectivity index (χ1) is 10.7. The number of carbonyl (C=O) groups excluding carboxylic acids is 3. The molecule has 7 nitrogen and oxygen atoms in total. The summed E-state index contributed by atoms with van der Waals surface area (Å²) < 4.78 is 0. The summed E-state index contributed by atoms with van der Waals surface area (Å²) in [5, 5.41) is 0.914. The Bertz CT molecular complexity index is 665. The Morgan fingerprint density at radius 1 is 1.27 bits per heavy atom. The number of amides is 2. The molecule has 2 amide bonds. The van der Waals surface area contributed by atoms with E-state index in [0.29, 0.717) is 6.29 Å². The molecular formula is C15H14N4O3. The zero-order valence-electron chi connectivity index (χ0n) is 11.6. The first-order valence-corrected chi connectivity index (χ1v) is 6.49. The van der Waals surface area contributed by atoms with E-state index < -0.39 is 11.8 Å².